The molecule has 0 heterocycles. The minimum absolute atomic E-state index is 0.117. The molecule has 3 aromatic carbocycles. The molecule has 30 heavy (non-hydrogen) atoms. The van der Waals surface area contributed by atoms with Gasteiger partial charge < -0.3 is 15.4 Å². The van der Waals surface area contributed by atoms with Crippen LogP contribution in [0.2, 0.25) is 5.02 Å². The molecule has 0 aromatic heterocycles. The maximum absolute atomic E-state index is 12.3. The SMILES string of the molecule is COc1cccc(-c2ccc(C(=O)NCCNC(=O)Cc3cccc(Cl)c3)cc2)c1. The molecule has 0 spiro atoms. The zero-order valence-corrected chi connectivity index (χ0v) is 17.4. The second-order valence-electron chi connectivity index (χ2n) is 6.72. The Bertz CT molecular complexity index is 1020. The van der Waals surface area contributed by atoms with Gasteiger partial charge in [0.05, 0.1) is 13.5 Å². The number of rotatable bonds is 8. The number of nitrogens with one attached hydrogen (secondary N) is 2. The summed E-state index contributed by atoms with van der Waals surface area (Å²) >= 11 is 5.92. The van der Waals surface area contributed by atoms with Crippen molar-refractivity contribution < 1.29 is 14.3 Å². The quantitative estimate of drug-likeness (QED) is 0.537. The first-order valence-corrected chi connectivity index (χ1v) is 9.97. The van der Waals surface area contributed by atoms with Crippen LogP contribution >= 0.6 is 11.6 Å². The van der Waals surface area contributed by atoms with Gasteiger partial charge in [-0.25, -0.2) is 0 Å². The summed E-state index contributed by atoms with van der Waals surface area (Å²) in [6, 6.07) is 22.3. The Kier molecular flexibility index (Phi) is 7.46. The maximum atomic E-state index is 12.3. The van der Waals surface area contributed by atoms with Gasteiger partial charge in [0.15, 0.2) is 0 Å². The average Bonchev–Trinajstić information content (AvgIpc) is 2.77. The molecule has 0 atom stereocenters. The molecule has 0 bridgehead atoms. The number of hydrogen-bond donors (Lipinski definition) is 2. The standard InChI is InChI=1S/C24H23ClN2O3/c1-30-22-7-3-5-20(16-22)18-8-10-19(11-9-18)24(29)27-13-12-26-23(28)15-17-4-2-6-21(25)14-17/h2-11,14,16H,12-13,15H2,1H3,(H,26,28)(H,27,29). The zero-order chi connectivity index (χ0) is 21.3. The number of carbonyl (C=O) groups excluding carboxylic acids is 2. The maximum Gasteiger partial charge on any atom is 0.251 e. The Morgan fingerprint density at radius 2 is 1.60 bits per heavy atom. The fourth-order valence-electron chi connectivity index (χ4n) is 2.99. The van der Waals surface area contributed by atoms with Crippen molar-refractivity contribution in [1.82, 2.24) is 10.6 Å². The van der Waals surface area contributed by atoms with Crippen molar-refractivity contribution in [2.75, 3.05) is 20.2 Å². The van der Waals surface area contributed by atoms with Crippen molar-refractivity contribution in [3.05, 3.63) is 88.9 Å². The Morgan fingerprint density at radius 3 is 2.33 bits per heavy atom. The molecule has 2 N–H and O–H groups in total. The minimum atomic E-state index is -0.184. The van der Waals surface area contributed by atoms with Gasteiger partial charge in [0, 0.05) is 23.7 Å². The summed E-state index contributed by atoms with van der Waals surface area (Å²) in [4.78, 5) is 24.3. The summed E-state index contributed by atoms with van der Waals surface area (Å²) < 4.78 is 5.25. The highest BCUT2D eigenvalue weighted by Crippen LogP contribution is 2.24. The first kappa shape index (κ1) is 21.4. The molecule has 3 rings (SSSR count). The molecule has 6 heteroatoms. The summed E-state index contributed by atoms with van der Waals surface area (Å²) in [6.07, 6.45) is 0.250. The molecule has 0 saturated carbocycles. The van der Waals surface area contributed by atoms with Crippen LogP contribution in [0, 0.1) is 0 Å². The van der Waals surface area contributed by atoms with Crippen LogP contribution in [0.3, 0.4) is 0 Å². The van der Waals surface area contributed by atoms with Crippen molar-refractivity contribution in [2.45, 2.75) is 6.42 Å². The fraction of sp³-hybridized carbons (Fsp3) is 0.167. The highest BCUT2D eigenvalue weighted by Gasteiger charge is 2.07. The largest absolute Gasteiger partial charge is 0.497 e. The third-order valence-corrected chi connectivity index (χ3v) is 4.77. The van der Waals surface area contributed by atoms with Crippen molar-refractivity contribution in [3.8, 4) is 16.9 Å². The summed E-state index contributed by atoms with van der Waals surface area (Å²) in [5.74, 6) is 0.483. The minimum Gasteiger partial charge on any atom is -0.497 e. The van der Waals surface area contributed by atoms with E-state index in [-0.39, 0.29) is 18.2 Å². The van der Waals surface area contributed by atoms with Crippen LogP contribution < -0.4 is 15.4 Å². The molecule has 0 aliphatic carbocycles. The van der Waals surface area contributed by atoms with E-state index < -0.39 is 0 Å². The number of ether oxygens (including phenoxy) is 1. The lowest BCUT2D eigenvalue weighted by Gasteiger charge is -2.09. The van der Waals surface area contributed by atoms with Crippen LogP contribution in [0.4, 0.5) is 0 Å². The number of hydrogen-bond acceptors (Lipinski definition) is 3. The second-order valence-corrected chi connectivity index (χ2v) is 7.16. The Balaban J connectivity index is 1.45. The van der Waals surface area contributed by atoms with Gasteiger partial charge in [-0.2, -0.15) is 0 Å². The van der Waals surface area contributed by atoms with Gasteiger partial charge >= 0.3 is 0 Å². The molecule has 0 saturated heterocycles. The third kappa shape index (κ3) is 6.09. The number of benzene rings is 3. The summed E-state index contributed by atoms with van der Waals surface area (Å²) in [5, 5.41) is 6.20. The van der Waals surface area contributed by atoms with Crippen molar-refractivity contribution in [3.63, 3.8) is 0 Å². The fourth-order valence-corrected chi connectivity index (χ4v) is 3.20. The van der Waals surface area contributed by atoms with Crippen LogP contribution in [0.15, 0.2) is 72.8 Å². The number of carbonyl (C=O) groups is 2. The predicted octanol–water partition coefficient (Wildman–Crippen LogP) is 4.10. The lowest BCUT2D eigenvalue weighted by Crippen LogP contribution is -2.35. The van der Waals surface area contributed by atoms with Crippen LogP contribution in [-0.4, -0.2) is 32.0 Å². The molecule has 3 aromatic rings. The van der Waals surface area contributed by atoms with Gasteiger partial charge in [-0.05, 0) is 53.1 Å². The number of amides is 2. The molecule has 0 radical (unpaired) electrons. The predicted molar refractivity (Wildman–Crippen MR) is 119 cm³/mol. The Labute approximate surface area is 181 Å². The van der Waals surface area contributed by atoms with Crippen LogP contribution in [0.5, 0.6) is 5.75 Å². The van der Waals surface area contributed by atoms with E-state index in [0.29, 0.717) is 23.7 Å². The topological polar surface area (TPSA) is 67.4 Å². The Morgan fingerprint density at radius 1 is 0.867 bits per heavy atom. The van der Waals surface area contributed by atoms with Crippen LogP contribution in [0.25, 0.3) is 11.1 Å². The number of halogens is 1. The van der Waals surface area contributed by atoms with Crippen molar-refractivity contribution in [2.24, 2.45) is 0 Å². The first-order valence-electron chi connectivity index (χ1n) is 9.59. The lowest BCUT2D eigenvalue weighted by atomic mass is 10.0. The highest BCUT2D eigenvalue weighted by molar-refractivity contribution is 6.30. The van der Waals surface area contributed by atoms with E-state index in [0.717, 1.165) is 22.4 Å². The van der Waals surface area contributed by atoms with Gasteiger partial charge in [0.25, 0.3) is 5.91 Å². The van der Waals surface area contributed by atoms with E-state index in [1.165, 1.54) is 0 Å². The van der Waals surface area contributed by atoms with Gasteiger partial charge in [-0.15, -0.1) is 0 Å². The van der Waals surface area contributed by atoms with E-state index in [1.54, 1.807) is 31.4 Å². The zero-order valence-electron chi connectivity index (χ0n) is 16.7. The molecule has 154 valence electrons. The van der Waals surface area contributed by atoms with E-state index in [9.17, 15) is 9.59 Å². The Hall–Kier alpha value is -3.31. The van der Waals surface area contributed by atoms with E-state index in [1.807, 2.05) is 48.5 Å². The second kappa shape index (κ2) is 10.5. The smallest absolute Gasteiger partial charge is 0.251 e. The third-order valence-electron chi connectivity index (χ3n) is 4.54. The van der Waals surface area contributed by atoms with Gasteiger partial charge in [0.1, 0.15) is 5.75 Å². The molecule has 0 fully saturated rings. The molecule has 0 aliphatic rings. The van der Waals surface area contributed by atoms with E-state index >= 15 is 0 Å². The monoisotopic (exact) mass is 422 g/mol. The summed E-state index contributed by atoms with van der Waals surface area (Å²) in [5.41, 5.74) is 3.43. The molecule has 0 aliphatic heterocycles. The molecule has 0 unspecified atom stereocenters. The van der Waals surface area contributed by atoms with Gasteiger partial charge in [-0.3, -0.25) is 9.59 Å². The van der Waals surface area contributed by atoms with Gasteiger partial charge in [0.2, 0.25) is 5.91 Å². The molecular weight excluding hydrogens is 400 g/mol. The summed E-state index contributed by atoms with van der Waals surface area (Å²) in [7, 11) is 1.63. The normalized spacial score (nSPS) is 10.3. The lowest BCUT2D eigenvalue weighted by molar-refractivity contribution is -0.120. The average molecular weight is 423 g/mol. The highest BCUT2D eigenvalue weighted by atomic mass is 35.5. The van der Waals surface area contributed by atoms with Crippen LogP contribution in [0.1, 0.15) is 15.9 Å². The van der Waals surface area contributed by atoms with Crippen LogP contribution in [-0.2, 0) is 11.2 Å². The molecule has 5 nitrogen and oxygen atoms in total. The van der Waals surface area contributed by atoms with Gasteiger partial charge in [-0.1, -0.05) is 48.0 Å². The van der Waals surface area contributed by atoms with E-state index in [2.05, 4.69) is 10.6 Å². The van der Waals surface area contributed by atoms with Crippen molar-refractivity contribution >= 4 is 23.4 Å². The van der Waals surface area contributed by atoms with E-state index in [4.69, 9.17) is 16.3 Å². The number of methoxy groups -OCH3 is 1. The first-order chi connectivity index (χ1) is 14.5. The van der Waals surface area contributed by atoms with Crippen molar-refractivity contribution in [1.29, 1.82) is 0 Å². The molecule has 2 amide bonds. The molecular formula is C24H23ClN2O3. The summed E-state index contributed by atoms with van der Waals surface area (Å²) in [6.45, 7) is 0.699.